The lowest BCUT2D eigenvalue weighted by Crippen LogP contribution is -2.81. The van der Waals surface area contributed by atoms with Crippen LogP contribution in [0.4, 0.5) is 0 Å². The molecule has 0 aromatic rings. The summed E-state index contributed by atoms with van der Waals surface area (Å²) in [6.07, 6.45) is 5.80. The van der Waals surface area contributed by atoms with Crippen molar-refractivity contribution in [3.8, 4) is 23.7 Å². The monoisotopic (exact) mass is 472 g/mol. The molecule has 0 aromatic carbocycles. The summed E-state index contributed by atoms with van der Waals surface area (Å²) in [4.78, 5) is 28.7. The zero-order valence-corrected chi connectivity index (χ0v) is 22.5. The molecule has 0 saturated heterocycles. The van der Waals surface area contributed by atoms with E-state index in [-0.39, 0.29) is 6.42 Å². The molecule has 2 N–H and O–H groups in total. The van der Waals surface area contributed by atoms with Crippen LogP contribution in [0.2, 0.25) is 0 Å². The predicted molar refractivity (Wildman–Crippen MR) is 135 cm³/mol. The summed E-state index contributed by atoms with van der Waals surface area (Å²) in [5.41, 5.74) is -3.49. The highest BCUT2D eigenvalue weighted by Crippen LogP contribution is 2.48. The highest BCUT2D eigenvalue weighted by molar-refractivity contribution is 5.79. The van der Waals surface area contributed by atoms with E-state index in [1.807, 2.05) is 27.7 Å². The minimum atomic E-state index is -1.30. The fraction of sp³-hybridized carbons (Fsp3) is 0.786. The van der Waals surface area contributed by atoms with E-state index in [1.165, 1.54) is 0 Å². The summed E-state index contributed by atoms with van der Waals surface area (Å²) in [6.45, 7) is 16.5. The molecular formula is C28H44N2O4. The van der Waals surface area contributed by atoms with Crippen LogP contribution in [-0.2, 0) is 9.59 Å². The van der Waals surface area contributed by atoms with Crippen molar-refractivity contribution >= 4 is 11.9 Å². The molecule has 0 fully saturated rings. The molecule has 0 aromatic heterocycles. The SMILES string of the molecule is CC1(C)C#CCC(C)(C)N1C(CCCCCCCC(=O)O)(C(=O)O)N1C(C)(C)C#CCC1(C)C. The van der Waals surface area contributed by atoms with Crippen molar-refractivity contribution in [3.05, 3.63) is 0 Å². The van der Waals surface area contributed by atoms with Crippen LogP contribution in [0, 0.1) is 23.7 Å². The largest absolute Gasteiger partial charge is 0.481 e. The maximum absolute atomic E-state index is 13.6. The Labute approximate surface area is 206 Å². The number of hydrogen-bond donors (Lipinski definition) is 2. The van der Waals surface area contributed by atoms with Gasteiger partial charge in [-0.3, -0.25) is 14.6 Å². The first-order valence-electron chi connectivity index (χ1n) is 12.6. The Morgan fingerprint density at radius 1 is 0.735 bits per heavy atom. The quantitative estimate of drug-likeness (QED) is 0.321. The van der Waals surface area contributed by atoms with Crippen molar-refractivity contribution < 1.29 is 19.8 Å². The van der Waals surface area contributed by atoms with E-state index in [2.05, 4.69) is 61.2 Å². The Morgan fingerprint density at radius 3 is 1.53 bits per heavy atom. The highest BCUT2D eigenvalue weighted by Gasteiger charge is 2.64. The van der Waals surface area contributed by atoms with Crippen LogP contribution in [-0.4, -0.2) is 59.8 Å². The average Bonchev–Trinajstić information content (AvgIpc) is 2.63. The molecule has 0 radical (unpaired) electrons. The summed E-state index contributed by atoms with van der Waals surface area (Å²) in [7, 11) is 0. The van der Waals surface area contributed by atoms with Gasteiger partial charge in [-0.15, -0.1) is 0 Å². The van der Waals surface area contributed by atoms with E-state index in [1.54, 1.807) is 0 Å². The molecule has 2 heterocycles. The second-order valence-corrected chi connectivity index (χ2v) is 12.2. The topological polar surface area (TPSA) is 81.1 Å². The molecule has 6 heteroatoms. The van der Waals surface area contributed by atoms with Crippen LogP contribution in [0.1, 0.15) is 113 Å². The number of nitrogens with zero attached hydrogens (tertiary/aromatic N) is 2. The predicted octanol–water partition coefficient (Wildman–Crippen LogP) is 5.12. The van der Waals surface area contributed by atoms with Crippen LogP contribution < -0.4 is 0 Å². The van der Waals surface area contributed by atoms with Crippen LogP contribution in [0.3, 0.4) is 0 Å². The summed E-state index contributed by atoms with van der Waals surface area (Å²) in [6, 6.07) is 0. The second-order valence-electron chi connectivity index (χ2n) is 12.2. The number of unbranched alkanes of at least 4 members (excludes halogenated alkanes) is 4. The Kier molecular flexibility index (Phi) is 8.23. The van der Waals surface area contributed by atoms with E-state index in [0.717, 1.165) is 25.7 Å². The molecule has 0 spiro atoms. The summed E-state index contributed by atoms with van der Waals surface area (Å²) < 4.78 is 0. The molecule has 0 aliphatic carbocycles. The van der Waals surface area contributed by atoms with E-state index in [9.17, 15) is 14.7 Å². The van der Waals surface area contributed by atoms with Gasteiger partial charge in [-0.05, 0) is 74.7 Å². The van der Waals surface area contributed by atoms with Gasteiger partial charge in [0.15, 0.2) is 5.66 Å². The lowest BCUT2D eigenvalue weighted by molar-refractivity contribution is -0.220. The number of rotatable bonds is 11. The van der Waals surface area contributed by atoms with Crippen molar-refractivity contribution in [3.63, 3.8) is 0 Å². The third-order valence-electron chi connectivity index (χ3n) is 7.16. The fourth-order valence-corrected chi connectivity index (χ4v) is 6.46. The zero-order chi connectivity index (χ0) is 26.0. The zero-order valence-electron chi connectivity index (χ0n) is 22.5. The summed E-state index contributed by atoms with van der Waals surface area (Å²) >= 11 is 0. The second kappa shape index (κ2) is 9.92. The third kappa shape index (κ3) is 5.61. The van der Waals surface area contributed by atoms with E-state index < -0.39 is 39.8 Å². The van der Waals surface area contributed by atoms with Crippen LogP contribution in [0.25, 0.3) is 0 Å². The van der Waals surface area contributed by atoms with Crippen LogP contribution in [0.5, 0.6) is 0 Å². The lowest BCUT2D eigenvalue weighted by atomic mass is 9.75. The average molecular weight is 473 g/mol. The highest BCUT2D eigenvalue weighted by atomic mass is 16.4. The number of hydrogen-bond acceptors (Lipinski definition) is 4. The maximum Gasteiger partial charge on any atom is 0.339 e. The molecule has 34 heavy (non-hydrogen) atoms. The molecule has 0 unspecified atom stereocenters. The van der Waals surface area contributed by atoms with Gasteiger partial charge in [0, 0.05) is 30.3 Å². The van der Waals surface area contributed by atoms with Gasteiger partial charge in [-0.1, -0.05) is 42.9 Å². The molecular weight excluding hydrogens is 428 g/mol. The molecule has 6 nitrogen and oxygen atoms in total. The normalized spacial score (nSPS) is 22.7. The number of carboxylic acid groups (broad SMARTS) is 2. The molecule has 0 bridgehead atoms. The molecule has 0 saturated carbocycles. The third-order valence-corrected chi connectivity index (χ3v) is 7.16. The fourth-order valence-electron chi connectivity index (χ4n) is 6.46. The van der Waals surface area contributed by atoms with Gasteiger partial charge in [0.05, 0.1) is 11.1 Å². The van der Waals surface area contributed by atoms with Gasteiger partial charge in [-0.2, -0.15) is 0 Å². The Balaban J connectivity index is 2.54. The molecule has 0 amide bonds. The molecule has 2 aliphatic heterocycles. The van der Waals surface area contributed by atoms with Crippen molar-refractivity contribution in [2.24, 2.45) is 0 Å². The first-order valence-corrected chi connectivity index (χ1v) is 12.6. The number of carboxylic acids is 2. The first kappa shape index (κ1) is 28.2. The smallest absolute Gasteiger partial charge is 0.339 e. The van der Waals surface area contributed by atoms with Gasteiger partial charge in [0.2, 0.25) is 0 Å². The number of carbonyl (C=O) groups is 2. The lowest BCUT2D eigenvalue weighted by Gasteiger charge is -2.65. The van der Waals surface area contributed by atoms with Crippen molar-refractivity contribution in [1.29, 1.82) is 0 Å². The summed E-state index contributed by atoms with van der Waals surface area (Å²) in [5, 5.41) is 20.0. The van der Waals surface area contributed by atoms with Gasteiger partial charge in [-0.25, -0.2) is 4.79 Å². The van der Waals surface area contributed by atoms with Crippen LogP contribution >= 0.6 is 0 Å². The minimum absolute atomic E-state index is 0.183. The van der Waals surface area contributed by atoms with Gasteiger partial charge >= 0.3 is 11.9 Å². The number of aliphatic carboxylic acids is 2. The van der Waals surface area contributed by atoms with Gasteiger partial charge in [0.25, 0.3) is 0 Å². The molecule has 190 valence electrons. The van der Waals surface area contributed by atoms with Crippen LogP contribution in [0.15, 0.2) is 0 Å². The molecule has 2 rings (SSSR count). The standard InChI is InChI=1S/C28H44N2O4/c1-24(2)17-14-18-25(3,4)29(24)28(23(33)34,21-13-11-9-10-12-16-22(31)32)30-26(5,6)19-15-20-27(30,7)8/h9-13,16-17,19,21H2,1-8H3,(H,31,32)(H,33,34). The molecule has 2 aliphatic rings. The Morgan fingerprint density at radius 2 is 1.15 bits per heavy atom. The summed E-state index contributed by atoms with van der Waals surface area (Å²) in [5.74, 6) is 11.6. The minimum Gasteiger partial charge on any atom is -0.481 e. The Bertz CT molecular complexity index is 856. The Hall–Kier alpha value is -2.02. The van der Waals surface area contributed by atoms with Crippen molar-refractivity contribution in [2.45, 2.75) is 141 Å². The first-order chi connectivity index (χ1) is 15.5. The van der Waals surface area contributed by atoms with E-state index >= 15 is 0 Å². The van der Waals surface area contributed by atoms with Crippen molar-refractivity contribution in [2.75, 3.05) is 0 Å². The van der Waals surface area contributed by atoms with E-state index in [0.29, 0.717) is 25.7 Å². The van der Waals surface area contributed by atoms with Gasteiger partial charge < -0.3 is 10.2 Å². The maximum atomic E-state index is 13.6. The molecule has 0 atom stereocenters. The van der Waals surface area contributed by atoms with Crippen molar-refractivity contribution in [1.82, 2.24) is 9.80 Å². The van der Waals surface area contributed by atoms with Gasteiger partial charge in [0.1, 0.15) is 0 Å². The van der Waals surface area contributed by atoms with E-state index in [4.69, 9.17) is 5.11 Å².